The number of fused-ring (bicyclic) bond motifs is 1. The molecule has 4 nitrogen and oxygen atoms in total. The van der Waals surface area contributed by atoms with Crippen molar-refractivity contribution >= 4 is 5.91 Å². The molecule has 1 aromatic heterocycles. The van der Waals surface area contributed by atoms with E-state index in [1.807, 2.05) is 0 Å². The minimum absolute atomic E-state index is 0.0840. The highest BCUT2D eigenvalue weighted by atomic mass is 16.2. The van der Waals surface area contributed by atoms with Gasteiger partial charge in [-0.1, -0.05) is 13.8 Å². The van der Waals surface area contributed by atoms with Gasteiger partial charge < -0.3 is 5.32 Å². The molecule has 0 atom stereocenters. The molecule has 4 heteroatoms. The van der Waals surface area contributed by atoms with Crippen LogP contribution in [0.5, 0.6) is 0 Å². The number of carbonyl (C=O) groups excluding carboxylic acids is 1. The summed E-state index contributed by atoms with van der Waals surface area (Å²) < 4.78 is 0. The van der Waals surface area contributed by atoms with Crippen molar-refractivity contribution in [2.45, 2.75) is 26.3 Å². The molecule has 2 heterocycles. The molecule has 0 aliphatic carbocycles. The Morgan fingerprint density at radius 3 is 2.92 bits per heavy atom. The molecule has 1 aliphatic rings. The molecule has 0 bridgehead atoms. The van der Waals surface area contributed by atoms with Crippen molar-refractivity contribution in [2.24, 2.45) is 0 Å². The summed E-state index contributed by atoms with van der Waals surface area (Å²) in [4.78, 5) is 19.4. The van der Waals surface area contributed by atoms with Gasteiger partial charge in [-0.3, -0.25) is 4.79 Å². The molecule has 13 heavy (non-hydrogen) atoms. The number of nitrogens with zero attached hydrogens (tertiary/aromatic N) is 2. The van der Waals surface area contributed by atoms with E-state index >= 15 is 0 Å². The van der Waals surface area contributed by atoms with Crippen LogP contribution >= 0.6 is 0 Å². The Morgan fingerprint density at radius 2 is 2.23 bits per heavy atom. The van der Waals surface area contributed by atoms with Gasteiger partial charge in [0.1, 0.15) is 12.0 Å². The van der Waals surface area contributed by atoms with Crippen molar-refractivity contribution in [2.75, 3.05) is 0 Å². The standard InChI is InChI=1S/C9H11N3O/c1-5(2)7-6-3-10-9(13)8(6)12-4-11-7/h4-5H,3H2,1-2H3,(H,10,13). The Bertz CT molecular complexity index is 360. The quantitative estimate of drug-likeness (QED) is 0.691. The zero-order valence-electron chi connectivity index (χ0n) is 7.66. The smallest absolute Gasteiger partial charge is 0.270 e. The third-order valence-corrected chi connectivity index (χ3v) is 2.17. The number of rotatable bonds is 1. The Kier molecular flexibility index (Phi) is 1.76. The summed E-state index contributed by atoms with van der Waals surface area (Å²) >= 11 is 0. The number of amides is 1. The van der Waals surface area contributed by atoms with Crippen LogP contribution in [-0.4, -0.2) is 15.9 Å². The van der Waals surface area contributed by atoms with Crippen LogP contribution in [0.15, 0.2) is 6.33 Å². The van der Waals surface area contributed by atoms with E-state index in [1.54, 1.807) is 0 Å². The Hall–Kier alpha value is -1.45. The van der Waals surface area contributed by atoms with E-state index in [0.29, 0.717) is 18.2 Å². The van der Waals surface area contributed by atoms with E-state index < -0.39 is 0 Å². The highest BCUT2D eigenvalue weighted by Gasteiger charge is 2.24. The van der Waals surface area contributed by atoms with E-state index in [0.717, 1.165) is 11.3 Å². The van der Waals surface area contributed by atoms with Gasteiger partial charge in [0.05, 0.1) is 5.69 Å². The lowest BCUT2D eigenvalue weighted by atomic mass is 10.0. The van der Waals surface area contributed by atoms with Crippen LogP contribution in [0, 0.1) is 0 Å². The zero-order chi connectivity index (χ0) is 9.42. The molecule has 0 saturated carbocycles. The molecule has 1 amide bonds. The van der Waals surface area contributed by atoms with Crippen LogP contribution in [0.1, 0.15) is 41.5 Å². The van der Waals surface area contributed by atoms with Crippen LogP contribution in [0.4, 0.5) is 0 Å². The first-order chi connectivity index (χ1) is 6.20. The minimum atomic E-state index is -0.0840. The van der Waals surface area contributed by atoms with Gasteiger partial charge in [0.2, 0.25) is 0 Å². The first kappa shape index (κ1) is 8.16. The van der Waals surface area contributed by atoms with Crippen LogP contribution in [0.2, 0.25) is 0 Å². The Balaban J connectivity index is 2.57. The third-order valence-electron chi connectivity index (χ3n) is 2.17. The molecule has 1 aromatic rings. The van der Waals surface area contributed by atoms with Crippen LogP contribution < -0.4 is 5.32 Å². The van der Waals surface area contributed by atoms with Crippen molar-refractivity contribution in [1.82, 2.24) is 15.3 Å². The second-order valence-corrected chi connectivity index (χ2v) is 3.42. The third kappa shape index (κ3) is 1.18. The average Bonchev–Trinajstić information content (AvgIpc) is 2.48. The van der Waals surface area contributed by atoms with Gasteiger partial charge in [0.15, 0.2) is 0 Å². The van der Waals surface area contributed by atoms with E-state index in [9.17, 15) is 4.79 Å². The maximum atomic E-state index is 11.2. The lowest BCUT2D eigenvalue weighted by Crippen LogP contribution is -2.13. The predicted octanol–water partition coefficient (Wildman–Crippen LogP) is 0.843. The molecule has 68 valence electrons. The molecular weight excluding hydrogens is 166 g/mol. The number of aromatic nitrogens is 2. The van der Waals surface area contributed by atoms with Crippen LogP contribution in [0.3, 0.4) is 0 Å². The second kappa shape index (κ2) is 2.80. The Labute approximate surface area is 76.4 Å². The van der Waals surface area contributed by atoms with Crippen LogP contribution in [-0.2, 0) is 6.54 Å². The normalized spacial score (nSPS) is 14.5. The molecular formula is C9H11N3O. The monoisotopic (exact) mass is 177 g/mol. The SMILES string of the molecule is CC(C)c1ncnc2c1CNC2=O. The first-order valence-electron chi connectivity index (χ1n) is 4.32. The van der Waals surface area contributed by atoms with Crippen LogP contribution in [0.25, 0.3) is 0 Å². The van der Waals surface area contributed by atoms with E-state index in [-0.39, 0.29) is 5.91 Å². The first-order valence-corrected chi connectivity index (χ1v) is 4.32. The predicted molar refractivity (Wildman–Crippen MR) is 47.3 cm³/mol. The summed E-state index contributed by atoms with van der Waals surface area (Å²) in [6.07, 6.45) is 1.46. The Morgan fingerprint density at radius 1 is 1.46 bits per heavy atom. The van der Waals surface area contributed by atoms with Gasteiger partial charge in [0, 0.05) is 12.1 Å². The average molecular weight is 177 g/mol. The minimum Gasteiger partial charge on any atom is -0.346 e. The molecule has 0 aromatic carbocycles. The van der Waals surface area contributed by atoms with Gasteiger partial charge in [-0.2, -0.15) is 0 Å². The van der Waals surface area contributed by atoms with E-state index in [4.69, 9.17) is 0 Å². The molecule has 0 saturated heterocycles. The number of hydrogen-bond donors (Lipinski definition) is 1. The molecule has 1 N–H and O–H groups in total. The molecule has 0 radical (unpaired) electrons. The van der Waals surface area contributed by atoms with E-state index in [2.05, 4.69) is 29.1 Å². The van der Waals surface area contributed by atoms with E-state index in [1.165, 1.54) is 6.33 Å². The lowest BCUT2D eigenvalue weighted by Gasteiger charge is -2.07. The fourth-order valence-corrected chi connectivity index (χ4v) is 1.55. The van der Waals surface area contributed by atoms with Gasteiger partial charge in [-0.05, 0) is 5.92 Å². The lowest BCUT2D eigenvalue weighted by molar-refractivity contribution is 0.0961. The zero-order valence-corrected chi connectivity index (χ0v) is 7.66. The summed E-state index contributed by atoms with van der Waals surface area (Å²) in [6, 6.07) is 0. The summed E-state index contributed by atoms with van der Waals surface area (Å²) in [5.74, 6) is 0.253. The topological polar surface area (TPSA) is 54.9 Å². The maximum Gasteiger partial charge on any atom is 0.270 e. The highest BCUT2D eigenvalue weighted by molar-refractivity contribution is 5.96. The van der Waals surface area contributed by atoms with Gasteiger partial charge in [-0.25, -0.2) is 9.97 Å². The van der Waals surface area contributed by atoms with Crippen molar-refractivity contribution < 1.29 is 4.79 Å². The molecule has 0 spiro atoms. The number of carbonyl (C=O) groups is 1. The number of hydrogen-bond acceptors (Lipinski definition) is 3. The fraction of sp³-hybridized carbons (Fsp3) is 0.444. The van der Waals surface area contributed by atoms with Crippen molar-refractivity contribution in [3.63, 3.8) is 0 Å². The molecule has 0 unspecified atom stereocenters. The summed E-state index contributed by atoms with van der Waals surface area (Å²) in [6.45, 7) is 4.69. The van der Waals surface area contributed by atoms with Crippen molar-refractivity contribution in [3.8, 4) is 0 Å². The van der Waals surface area contributed by atoms with Crippen molar-refractivity contribution in [1.29, 1.82) is 0 Å². The summed E-state index contributed by atoms with van der Waals surface area (Å²) in [7, 11) is 0. The number of nitrogens with one attached hydrogen (secondary N) is 1. The highest BCUT2D eigenvalue weighted by Crippen LogP contribution is 2.21. The molecule has 2 rings (SSSR count). The summed E-state index contributed by atoms with van der Waals surface area (Å²) in [5, 5.41) is 2.74. The molecule has 0 fully saturated rings. The maximum absolute atomic E-state index is 11.2. The second-order valence-electron chi connectivity index (χ2n) is 3.42. The van der Waals surface area contributed by atoms with Gasteiger partial charge in [-0.15, -0.1) is 0 Å². The fourth-order valence-electron chi connectivity index (χ4n) is 1.55. The molecule has 1 aliphatic heterocycles. The van der Waals surface area contributed by atoms with Crippen molar-refractivity contribution in [3.05, 3.63) is 23.3 Å². The summed E-state index contributed by atoms with van der Waals surface area (Å²) in [5.41, 5.74) is 2.48. The largest absolute Gasteiger partial charge is 0.346 e. The van der Waals surface area contributed by atoms with Gasteiger partial charge >= 0.3 is 0 Å². The van der Waals surface area contributed by atoms with Gasteiger partial charge in [0.25, 0.3) is 5.91 Å².